The molecule has 0 aliphatic heterocycles. The highest BCUT2D eigenvalue weighted by Gasteiger charge is 2.18. The summed E-state index contributed by atoms with van der Waals surface area (Å²) >= 11 is 0. The van der Waals surface area contributed by atoms with Gasteiger partial charge in [-0.2, -0.15) is 0 Å². The van der Waals surface area contributed by atoms with E-state index in [4.69, 9.17) is 0 Å². The SMILES string of the molecule is CNc1ccc(C(=O)NCCC2CCCC2)cc1[N+](=O)[O-]. The van der Waals surface area contributed by atoms with Crippen LogP contribution in [0.3, 0.4) is 0 Å². The van der Waals surface area contributed by atoms with Crippen molar-refractivity contribution < 1.29 is 9.72 Å². The molecule has 1 saturated carbocycles. The average Bonchev–Trinajstić information content (AvgIpc) is 2.99. The van der Waals surface area contributed by atoms with Crippen molar-refractivity contribution in [2.24, 2.45) is 5.92 Å². The number of carbonyl (C=O) groups excluding carboxylic acids is 1. The van der Waals surface area contributed by atoms with Gasteiger partial charge in [0.05, 0.1) is 4.92 Å². The van der Waals surface area contributed by atoms with Crippen molar-refractivity contribution in [3.05, 3.63) is 33.9 Å². The minimum Gasteiger partial charge on any atom is -0.383 e. The molecule has 6 nitrogen and oxygen atoms in total. The summed E-state index contributed by atoms with van der Waals surface area (Å²) in [6, 6.07) is 4.48. The van der Waals surface area contributed by atoms with Crippen LogP contribution < -0.4 is 10.6 Å². The summed E-state index contributed by atoms with van der Waals surface area (Å²) in [6.45, 7) is 0.630. The van der Waals surface area contributed by atoms with Crippen LogP contribution in [0.25, 0.3) is 0 Å². The highest BCUT2D eigenvalue weighted by molar-refractivity contribution is 5.95. The van der Waals surface area contributed by atoms with Crippen molar-refractivity contribution >= 4 is 17.3 Å². The van der Waals surface area contributed by atoms with Crippen molar-refractivity contribution in [2.75, 3.05) is 18.9 Å². The molecule has 6 heteroatoms. The first-order valence-electron chi connectivity index (χ1n) is 7.36. The number of nitro groups is 1. The molecule has 1 aliphatic carbocycles. The molecule has 2 rings (SSSR count). The van der Waals surface area contributed by atoms with Gasteiger partial charge in [0, 0.05) is 25.2 Å². The molecular formula is C15H21N3O3. The van der Waals surface area contributed by atoms with E-state index in [1.165, 1.54) is 31.7 Å². The van der Waals surface area contributed by atoms with E-state index < -0.39 is 4.92 Å². The second-order valence-electron chi connectivity index (χ2n) is 5.43. The van der Waals surface area contributed by atoms with Gasteiger partial charge in [-0.15, -0.1) is 0 Å². The van der Waals surface area contributed by atoms with Gasteiger partial charge in [-0.25, -0.2) is 0 Å². The van der Waals surface area contributed by atoms with E-state index in [0.717, 1.165) is 6.42 Å². The number of hydrogen-bond acceptors (Lipinski definition) is 4. The normalized spacial score (nSPS) is 14.9. The van der Waals surface area contributed by atoms with Crippen molar-refractivity contribution in [1.29, 1.82) is 0 Å². The zero-order valence-corrected chi connectivity index (χ0v) is 12.2. The van der Waals surface area contributed by atoms with Gasteiger partial charge in [0.1, 0.15) is 5.69 Å². The Labute approximate surface area is 124 Å². The number of amides is 1. The van der Waals surface area contributed by atoms with Gasteiger partial charge in [0.25, 0.3) is 11.6 Å². The Bertz CT molecular complexity index is 525. The number of nitrogens with one attached hydrogen (secondary N) is 2. The smallest absolute Gasteiger partial charge is 0.293 e. The molecule has 0 heterocycles. The lowest BCUT2D eigenvalue weighted by Crippen LogP contribution is -2.25. The molecule has 21 heavy (non-hydrogen) atoms. The minimum atomic E-state index is -0.485. The van der Waals surface area contributed by atoms with E-state index in [1.807, 2.05) is 0 Å². The minimum absolute atomic E-state index is 0.0825. The monoisotopic (exact) mass is 291 g/mol. The molecule has 114 valence electrons. The fraction of sp³-hybridized carbons (Fsp3) is 0.533. The van der Waals surface area contributed by atoms with Crippen LogP contribution >= 0.6 is 0 Å². The third kappa shape index (κ3) is 3.93. The maximum Gasteiger partial charge on any atom is 0.293 e. The van der Waals surface area contributed by atoms with Crippen molar-refractivity contribution in [1.82, 2.24) is 5.32 Å². The van der Waals surface area contributed by atoms with E-state index in [1.54, 1.807) is 19.2 Å². The predicted octanol–water partition coefficient (Wildman–Crippen LogP) is 2.95. The fourth-order valence-corrected chi connectivity index (χ4v) is 2.83. The summed E-state index contributed by atoms with van der Waals surface area (Å²) in [5.41, 5.74) is 0.649. The number of carbonyl (C=O) groups is 1. The van der Waals surface area contributed by atoms with Crippen molar-refractivity contribution in [3.63, 3.8) is 0 Å². The number of anilines is 1. The molecular weight excluding hydrogens is 270 g/mol. The molecule has 1 aromatic rings. The fourth-order valence-electron chi connectivity index (χ4n) is 2.83. The summed E-state index contributed by atoms with van der Waals surface area (Å²) < 4.78 is 0. The molecule has 0 saturated heterocycles. The quantitative estimate of drug-likeness (QED) is 0.623. The van der Waals surface area contributed by atoms with Crippen molar-refractivity contribution in [3.8, 4) is 0 Å². The van der Waals surface area contributed by atoms with Gasteiger partial charge >= 0.3 is 0 Å². The second kappa shape index (κ2) is 7.06. The summed E-state index contributed by atoms with van der Waals surface area (Å²) in [6.07, 6.45) is 6.06. The van der Waals surface area contributed by atoms with E-state index in [-0.39, 0.29) is 11.6 Å². The molecule has 0 unspecified atom stereocenters. The highest BCUT2D eigenvalue weighted by Crippen LogP contribution is 2.27. The third-order valence-electron chi connectivity index (χ3n) is 4.04. The maximum absolute atomic E-state index is 12.0. The Kier molecular flexibility index (Phi) is 5.14. The van der Waals surface area contributed by atoms with Crippen molar-refractivity contribution in [2.45, 2.75) is 32.1 Å². The van der Waals surface area contributed by atoms with Gasteiger partial charge in [-0.1, -0.05) is 25.7 Å². The number of benzene rings is 1. The van der Waals surface area contributed by atoms with Gasteiger partial charge in [-0.3, -0.25) is 14.9 Å². The first kappa shape index (κ1) is 15.3. The summed E-state index contributed by atoms with van der Waals surface area (Å²) in [5.74, 6) is 0.463. The van der Waals surface area contributed by atoms with Crippen LogP contribution in [0, 0.1) is 16.0 Å². The van der Waals surface area contributed by atoms with Crippen LogP contribution in [0.15, 0.2) is 18.2 Å². The number of hydrogen-bond donors (Lipinski definition) is 2. The summed E-state index contributed by atoms with van der Waals surface area (Å²) in [7, 11) is 1.61. The average molecular weight is 291 g/mol. The Balaban J connectivity index is 1.95. The standard InChI is InChI=1S/C15H21N3O3/c1-16-13-7-6-12(10-14(13)18(20)21)15(19)17-9-8-11-4-2-3-5-11/h6-7,10-11,16H,2-5,8-9H2,1H3,(H,17,19). The third-order valence-corrected chi connectivity index (χ3v) is 4.04. The molecule has 0 aromatic heterocycles. The number of nitro benzene ring substituents is 1. The van der Waals surface area contributed by atoms with Crippen LogP contribution in [0.1, 0.15) is 42.5 Å². The van der Waals surface area contributed by atoms with Gasteiger partial charge in [-0.05, 0) is 24.5 Å². The molecule has 0 bridgehead atoms. The molecule has 1 amide bonds. The number of rotatable bonds is 6. The number of nitrogens with zero attached hydrogens (tertiary/aromatic N) is 1. The Morgan fingerprint density at radius 1 is 1.38 bits per heavy atom. The highest BCUT2D eigenvalue weighted by atomic mass is 16.6. The Morgan fingerprint density at radius 2 is 2.10 bits per heavy atom. The summed E-state index contributed by atoms with van der Waals surface area (Å²) in [4.78, 5) is 22.5. The molecule has 0 atom stereocenters. The second-order valence-corrected chi connectivity index (χ2v) is 5.43. The zero-order valence-electron chi connectivity index (χ0n) is 12.2. The first-order chi connectivity index (χ1) is 10.1. The maximum atomic E-state index is 12.0. The van der Waals surface area contributed by atoms with Crippen LogP contribution in [0.5, 0.6) is 0 Å². The molecule has 1 aromatic carbocycles. The van der Waals surface area contributed by atoms with E-state index >= 15 is 0 Å². The topological polar surface area (TPSA) is 84.3 Å². The Hall–Kier alpha value is -2.11. The van der Waals surface area contributed by atoms with Crippen LogP contribution in [-0.2, 0) is 0 Å². The zero-order chi connectivity index (χ0) is 15.2. The van der Waals surface area contributed by atoms with E-state index in [9.17, 15) is 14.9 Å². The molecule has 1 fully saturated rings. The lowest BCUT2D eigenvalue weighted by molar-refractivity contribution is -0.384. The van der Waals surface area contributed by atoms with Crippen LogP contribution in [0.2, 0.25) is 0 Å². The first-order valence-corrected chi connectivity index (χ1v) is 7.36. The van der Waals surface area contributed by atoms with Gasteiger partial charge in [0.2, 0.25) is 0 Å². The molecule has 0 spiro atoms. The molecule has 2 N–H and O–H groups in total. The molecule has 1 aliphatic rings. The lowest BCUT2D eigenvalue weighted by Gasteiger charge is -2.10. The van der Waals surface area contributed by atoms with E-state index in [0.29, 0.717) is 23.7 Å². The largest absolute Gasteiger partial charge is 0.383 e. The lowest BCUT2D eigenvalue weighted by atomic mass is 10.0. The van der Waals surface area contributed by atoms with Gasteiger partial charge in [0.15, 0.2) is 0 Å². The molecule has 0 radical (unpaired) electrons. The van der Waals surface area contributed by atoms with Crippen LogP contribution in [0.4, 0.5) is 11.4 Å². The predicted molar refractivity (Wildman–Crippen MR) is 81.6 cm³/mol. The van der Waals surface area contributed by atoms with E-state index in [2.05, 4.69) is 10.6 Å². The van der Waals surface area contributed by atoms with Crippen LogP contribution in [-0.4, -0.2) is 24.4 Å². The Morgan fingerprint density at radius 3 is 2.71 bits per heavy atom. The summed E-state index contributed by atoms with van der Waals surface area (Å²) in [5, 5.41) is 16.6. The van der Waals surface area contributed by atoms with Gasteiger partial charge < -0.3 is 10.6 Å².